The summed E-state index contributed by atoms with van der Waals surface area (Å²) in [6.45, 7) is 8.64. The number of ether oxygens (including phenoxy) is 1. The first kappa shape index (κ1) is 14.8. The normalized spacial score (nSPS) is 19.1. The number of rotatable bonds is 8. The summed E-state index contributed by atoms with van der Waals surface area (Å²) >= 11 is 1.82. The highest BCUT2D eigenvalue weighted by Gasteiger charge is 2.51. The third-order valence-corrected chi connectivity index (χ3v) is 4.06. The molecule has 1 aliphatic rings. The van der Waals surface area contributed by atoms with Crippen LogP contribution in [-0.2, 0) is 9.53 Å². The summed E-state index contributed by atoms with van der Waals surface area (Å²) in [5.41, 5.74) is -0.454. The van der Waals surface area contributed by atoms with E-state index in [4.69, 9.17) is 4.74 Å². The predicted octanol–water partition coefficient (Wildman–Crippen LogP) is 2.45. The zero-order chi connectivity index (χ0) is 12.9. The highest BCUT2D eigenvalue weighted by molar-refractivity contribution is 7.99. The van der Waals surface area contributed by atoms with Gasteiger partial charge in [0.05, 0.1) is 6.61 Å². The van der Waals surface area contributed by atoms with Crippen molar-refractivity contribution in [2.75, 3.05) is 18.1 Å². The Morgan fingerprint density at radius 1 is 1.47 bits per heavy atom. The molecule has 17 heavy (non-hydrogen) atoms. The molecule has 0 aromatic carbocycles. The predicted molar refractivity (Wildman–Crippen MR) is 73.4 cm³/mol. The summed E-state index contributed by atoms with van der Waals surface area (Å²) in [6, 6.07) is 0.303. The summed E-state index contributed by atoms with van der Waals surface area (Å²) in [5.74, 6) is 2.26. The Hall–Kier alpha value is -0.220. The number of carbonyl (C=O) groups excluding carboxylic acids is 1. The minimum atomic E-state index is -0.454. The van der Waals surface area contributed by atoms with Gasteiger partial charge in [0, 0.05) is 11.8 Å². The number of esters is 1. The molecule has 1 rings (SSSR count). The Bertz CT molecular complexity index is 254. The molecule has 0 saturated heterocycles. The molecule has 0 spiro atoms. The van der Waals surface area contributed by atoms with E-state index in [1.54, 1.807) is 0 Å². The van der Waals surface area contributed by atoms with Gasteiger partial charge in [0.2, 0.25) is 0 Å². The molecule has 1 atom stereocenters. The summed E-state index contributed by atoms with van der Waals surface area (Å²) in [7, 11) is 0. The first-order valence-electron chi connectivity index (χ1n) is 6.59. The van der Waals surface area contributed by atoms with Crippen LogP contribution in [0.4, 0.5) is 0 Å². The number of carbonyl (C=O) groups is 1. The van der Waals surface area contributed by atoms with Crippen molar-refractivity contribution in [3.8, 4) is 0 Å². The second kappa shape index (κ2) is 6.64. The number of hydrogen-bond acceptors (Lipinski definition) is 4. The molecule has 4 heteroatoms. The van der Waals surface area contributed by atoms with Crippen LogP contribution in [-0.4, -0.2) is 35.7 Å². The summed E-state index contributed by atoms with van der Waals surface area (Å²) < 4.78 is 5.29. The highest BCUT2D eigenvalue weighted by atomic mass is 32.2. The molecule has 0 aromatic rings. The minimum Gasteiger partial charge on any atom is -0.465 e. The van der Waals surface area contributed by atoms with Crippen molar-refractivity contribution in [3.05, 3.63) is 0 Å². The topological polar surface area (TPSA) is 38.3 Å². The monoisotopic (exact) mass is 259 g/mol. The molecule has 0 amide bonds. The Morgan fingerprint density at radius 2 is 2.12 bits per heavy atom. The average Bonchev–Trinajstić information content (AvgIpc) is 3.08. The molecule has 0 aliphatic heterocycles. The van der Waals surface area contributed by atoms with Crippen LogP contribution in [0, 0.1) is 5.92 Å². The molecule has 1 saturated carbocycles. The lowest BCUT2D eigenvalue weighted by atomic mass is 9.94. The minimum absolute atomic E-state index is 0.0582. The fraction of sp³-hybridized carbons (Fsp3) is 0.923. The highest BCUT2D eigenvalue weighted by Crippen LogP contribution is 2.42. The molecule has 3 nitrogen and oxygen atoms in total. The third kappa shape index (κ3) is 3.88. The van der Waals surface area contributed by atoms with Gasteiger partial charge in [-0.2, -0.15) is 11.8 Å². The SMILES string of the molecule is CCOC(=O)C(CSCC)(NC(C)C)C1CC1. The maximum absolute atomic E-state index is 12.3. The third-order valence-electron chi connectivity index (χ3n) is 2.99. The molecule has 1 N–H and O–H groups in total. The lowest BCUT2D eigenvalue weighted by Crippen LogP contribution is -2.59. The molecule has 1 aliphatic carbocycles. The molecular formula is C13H25NO2S. The second-order valence-corrected chi connectivity index (χ2v) is 6.18. The van der Waals surface area contributed by atoms with Gasteiger partial charge in [0.15, 0.2) is 0 Å². The van der Waals surface area contributed by atoms with Gasteiger partial charge in [-0.15, -0.1) is 0 Å². The van der Waals surface area contributed by atoms with Gasteiger partial charge in [0.1, 0.15) is 5.54 Å². The van der Waals surface area contributed by atoms with E-state index in [0.717, 1.165) is 24.3 Å². The molecular weight excluding hydrogens is 234 g/mol. The van der Waals surface area contributed by atoms with E-state index in [-0.39, 0.29) is 5.97 Å². The first-order chi connectivity index (χ1) is 8.06. The molecule has 0 bridgehead atoms. The van der Waals surface area contributed by atoms with Gasteiger partial charge in [-0.25, -0.2) is 0 Å². The summed E-state index contributed by atoms with van der Waals surface area (Å²) in [6.07, 6.45) is 2.28. The van der Waals surface area contributed by atoms with Crippen LogP contribution in [0.15, 0.2) is 0 Å². The summed E-state index contributed by atoms with van der Waals surface area (Å²) in [5, 5.41) is 3.48. The van der Waals surface area contributed by atoms with Crippen molar-refractivity contribution in [1.29, 1.82) is 0 Å². The Balaban J connectivity index is 2.80. The largest absolute Gasteiger partial charge is 0.465 e. The van der Waals surface area contributed by atoms with Crippen LogP contribution in [0.3, 0.4) is 0 Å². The molecule has 0 aromatic heterocycles. The van der Waals surface area contributed by atoms with Crippen LogP contribution < -0.4 is 5.32 Å². The fourth-order valence-electron chi connectivity index (χ4n) is 2.18. The van der Waals surface area contributed by atoms with Crippen LogP contribution in [0.2, 0.25) is 0 Å². The van der Waals surface area contributed by atoms with Crippen LogP contribution in [0.5, 0.6) is 0 Å². The smallest absolute Gasteiger partial charge is 0.327 e. The fourth-order valence-corrected chi connectivity index (χ4v) is 3.14. The van der Waals surface area contributed by atoms with Gasteiger partial charge in [-0.3, -0.25) is 10.1 Å². The van der Waals surface area contributed by atoms with E-state index in [9.17, 15) is 4.79 Å². The lowest BCUT2D eigenvalue weighted by molar-refractivity contribution is -0.151. The van der Waals surface area contributed by atoms with Crippen molar-refractivity contribution in [1.82, 2.24) is 5.32 Å². The first-order valence-corrected chi connectivity index (χ1v) is 7.75. The number of nitrogens with one attached hydrogen (secondary N) is 1. The number of hydrogen-bond donors (Lipinski definition) is 1. The quantitative estimate of drug-likeness (QED) is 0.680. The molecule has 0 radical (unpaired) electrons. The van der Waals surface area contributed by atoms with Crippen molar-refractivity contribution in [2.45, 2.75) is 52.1 Å². The molecule has 0 heterocycles. The zero-order valence-corrected chi connectivity index (χ0v) is 12.2. The van der Waals surface area contributed by atoms with Crippen LogP contribution >= 0.6 is 11.8 Å². The Labute approximate surface area is 109 Å². The second-order valence-electron chi connectivity index (χ2n) is 4.90. The van der Waals surface area contributed by atoms with Crippen molar-refractivity contribution >= 4 is 17.7 Å². The van der Waals surface area contributed by atoms with Gasteiger partial charge < -0.3 is 4.74 Å². The summed E-state index contributed by atoms with van der Waals surface area (Å²) in [4.78, 5) is 12.3. The van der Waals surface area contributed by atoms with E-state index >= 15 is 0 Å². The standard InChI is InChI=1S/C13H25NO2S/c1-5-16-12(15)13(9-17-6-2,11-7-8-11)14-10(3)4/h10-11,14H,5-9H2,1-4H3. The van der Waals surface area contributed by atoms with Crippen LogP contribution in [0.1, 0.15) is 40.5 Å². The van der Waals surface area contributed by atoms with Crippen molar-refractivity contribution in [3.63, 3.8) is 0 Å². The maximum Gasteiger partial charge on any atom is 0.327 e. The van der Waals surface area contributed by atoms with Gasteiger partial charge in [0.25, 0.3) is 0 Å². The lowest BCUT2D eigenvalue weighted by Gasteiger charge is -2.34. The number of thioether (sulfide) groups is 1. The Morgan fingerprint density at radius 3 is 2.53 bits per heavy atom. The van der Waals surface area contributed by atoms with Crippen molar-refractivity contribution < 1.29 is 9.53 Å². The average molecular weight is 259 g/mol. The van der Waals surface area contributed by atoms with E-state index < -0.39 is 5.54 Å². The van der Waals surface area contributed by atoms with Gasteiger partial charge in [-0.1, -0.05) is 6.92 Å². The van der Waals surface area contributed by atoms with Gasteiger partial charge in [-0.05, 0) is 45.3 Å². The van der Waals surface area contributed by atoms with Crippen molar-refractivity contribution in [2.24, 2.45) is 5.92 Å². The van der Waals surface area contributed by atoms with E-state index in [0.29, 0.717) is 18.6 Å². The zero-order valence-electron chi connectivity index (χ0n) is 11.4. The van der Waals surface area contributed by atoms with Crippen LogP contribution in [0.25, 0.3) is 0 Å². The maximum atomic E-state index is 12.3. The Kier molecular flexibility index (Phi) is 5.80. The molecule has 1 unspecified atom stereocenters. The van der Waals surface area contributed by atoms with E-state index in [1.807, 2.05) is 18.7 Å². The van der Waals surface area contributed by atoms with E-state index in [2.05, 4.69) is 26.1 Å². The van der Waals surface area contributed by atoms with E-state index in [1.165, 1.54) is 0 Å². The molecule has 1 fully saturated rings. The van der Waals surface area contributed by atoms with Gasteiger partial charge >= 0.3 is 5.97 Å². The molecule has 100 valence electrons.